The first kappa shape index (κ1) is 15.4. The van der Waals surface area contributed by atoms with Crippen LogP contribution in [0, 0.1) is 5.92 Å². The fourth-order valence-corrected chi connectivity index (χ4v) is 1.58. The van der Waals surface area contributed by atoms with Gasteiger partial charge in [-0.2, -0.15) is 0 Å². The zero-order valence-corrected chi connectivity index (χ0v) is 12.1. The maximum atomic E-state index is 5.60. The largest absolute Gasteiger partial charge is 0.380 e. The molecule has 0 aromatic heterocycles. The van der Waals surface area contributed by atoms with Gasteiger partial charge in [0.05, 0.1) is 6.61 Å². The Labute approximate surface area is 103 Å². The van der Waals surface area contributed by atoms with Crippen LogP contribution in [0.15, 0.2) is 0 Å². The molecule has 0 saturated heterocycles. The molecular formula is C12H26BrNO. The van der Waals surface area contributed by atoms with Gasteiger partial charge in [0.15, 0.2) is 0 Å². The smallest absolute Gasteiger partial charge is 0.0593 e. The van der Waals surface area contributed by atoms with Crippen LogP contribution in [0.2, 0.25) is 0 Å². The molecule has 0 N–H and O–H groups in total. The van der Waals surface area contributed by atoms with Crippen molar-refractivity contribution >= 4 is 15.9 Å². The Bertz CT molecular complexity index is 131. The molecule has 0 saturated carbocycles. The van der Waals surface area contributed by atoms with Crippen LogP contribution < -0.4 is 0 Å². The first-order chi connectivity index (χ1) is 7.20. The second-order valence-corrected chi connectivity index (χ2v) is 5.06. The van der Waals surface area contributed by atoms with Crippen molar-refractivity contribution in [3.8, 4) is 0 Å². The van der Waals surface area contributed by atoms with E-state index in [9.17, 15) is 0 Å². The summed E-state index contributed by atoms with van der Waals surface area (Å²) in [6.45, 7) is 11.8. The van der Waals surface area contributed by atoms with Crippen LogP contribution in [0.1, 0.15) is 33.6 Å². The summed E-state index contributed by atoms with van der Waals surface area (Å²) < 4.78 is 5.60. The quantitative estimate of drug-likeness (QED) is 0.450. The van der Waals surface area contributed by atoms with Gasteiger partial charge >= 0.3 is 0 Å². The fourth-order valence-electron chi connectivity index (χ4n) is 1.33. The van der Waals surface area contributed by atoms with Gasteiger partial charge in [-0.25, -0.2) is 0 Å². The van der Waals surface area contributed by atoms with Gasteiger partial charge in [-0.1, -0.05) is 36.7 Å². The summed E-state index contributed by atoms with van der Waals surface area (Å²) in [5.41, 5.74) is 0. The summed E-state index contributed by atoms with van der Waals surface area (Å²) >= 11 is 3.46. The molecular weight excluding hydrogens is 254 g/mol. The third-order valence-electron chi connectivity index (χ3n) is 2.45. The van der Waals surface area contributed by atoms with Gasteiger partial charge in [0.25, 0.3) is 0 Å². The molecule has 0 radical (unpaired) electrons. The first-order valence-electron chi connectivity index (χ1n) is 6.06. The van der Waals surface area contributed by atoms with Crippen molar-refractivity contribution in [2.45, 2.75) is 33.6 Å². The van der Waals surface area contributed by atoms with Crippen molar-refractivity contribution in [2.75, 3.05) is 38.2 Å². The van der Waals surface area contributed by atoms with E-state index in [0.29, 0.717) is 0 Å². The van der Waals surface area contributed by atoms with Gasteiger partial charge in [-0.15, -0.1) is 0 Å². The lowest BCUT2D eigenvalue weighted by Gasteiger charge is -2.19. The predicted molar refractivity (Wildman–Crippen MR) is 70.8 cm³/mol. The SMILES string of the molecule is CCN(CCCBr)CCOCCC(C)C. The summed E-state index contributed by atoms with van der Waals surface area (Å²) in [5, 5.41) is 1.09. The summed E-state index contributed by atoms with van der Waals surface area (Å²) in [4.78, 5) is 2.44. The molecule has 15 heavy (non-hydrogen) atoms. The number of likely N-dealkylation sites (N-methyl/N-ethyl adjacent to an activating group) is 1. The van der Waals surface area contributed by atoms with Crippen LogP contribution in [-0.2, 0) is 4.74 Å². The van der Waals surface area contributed by atoms with E-state index in [1.807, 2.05) is 0 Å². The van der Waals surface area contributed by atoms with E-state index in [0.717, 1.165) is 37.6 Å². The molecule has 0 heterocycles. The zero-order chi connectivity index (χ0) is 11.5. The van der Waals surface area contributed by atoms with E-state index in [4.69, 9.17) is 4.74 Å². The monoisotopic (exact) mass is 279 g/mol. The Hall–Kier alpha value is 0.400. The minimum absolute atomic E-state index is 0.751. The van der Waals surface area contributed by atoms with Crippen LogP contribution in [0.25, 0.3) is 0 Å². The Balaban J connectivity index is 3.30. The third kappa shape index (κ3) is 10.7. The van der Waals surface area contributed by atoms with Crippen LogP contribution in [0.4, 0.5) is 0 Å². The normalized spacial score (nSPS) is 11.6. The molecule has 0 unspecified atom stereocenters. The number of hydrogen-bond donors (Lipinski definition) is 0. The Morgan fingerprint density at radius 3 is 2.47 bits per heavy atom. The van der Waals surface area contributed by atoms with Crippen molar-refractivity contribution < 1.29 is 4.74 Å². The molecule has 2 nitrogen and oxygen atoms in total. The summed E-state index contributed by atoms with van der Waals surface area (Å²) in [6, 6.07) is 0. The Morgan fingerprint density at radius 1 is 1.20 bits per heavy atom. The second kappa shape index (κ2) is 10.9. The minimum atomic E-state index is 0.751. The molecule has 0 aliphatic rings. The van der Waals surface area contributed by atoms with Crippen molar-refractivity contribution in [2.24, 2.45) is 5.92 Å². The molecule has 0 aromatic carbocycles. The highest BCUT2D eigenvalue weighted by atomic mass is 79.9. The lowest BCUT2D eigenvalue weighted by atomic mass is 10.1. The lowest BCUT2D eigenvalue weighted by Crippen LogP contribution is -2.28. The van der Waals surface area contributed by atoms with Crippen molar-refractivity contribution in [1.29, 1.82) is 0 Å². The van der Waals surface area contributed by atoms with E-state index < -0.39 is 0 Å². The van der Waals surface area contributed by atoms with Gasteiger partial charge in [-0.3, -0.25) is 0 Å². The van der Waals surface area contributed by atoms with Crippen LogP contribution in [0.3, 0.4) is 0 Å². The van der Waals surface area contributed by atoms with Gasteiger partial charge in [0, 0.05) is 18.5 Å². The Kier molecular flexibility index (Phi) is 11.2. The highest BCUT2D eigenvalue weighted by Crippen LogP contribution is 1.99. The van der Waals surface area contributed by atoms with Crippen LogP contribution in [-0.4, -0.2) is 43.1 Å². The Morgan fingerprint density at radius 2 is 1.93 bits per heavy atom. The van der Waals surface area contributed by atoms with Crippen molar-refractivity contribution in [1.82, 2.24) is 4.90 Å². The van der Waals surface area contributed by atoms with Crippen LogP contribution >= 0.6 is 15.9 Å². The van der Waals surface area contributed by atoms with E-state index in [2.05, 4.69) is 41.6 Å². The molecule has 0 amide bonds. The molecule has 92 valence electrons. The van der Waals surface area contributed by atoms with E-state index in [1.165, 1.54) is 19.4 Å². The van der Waals surface area contributed by atoms with E-state index in [-0.39, 0.29) is 0 Å². The number of halogens is 1. The van der Waals surface area contributed by atoms with Crippen molar-refractivity contribution in [3.63, 3.8) is 0 Å². The maximum absolute atomic E-state index is 5.60. The van der Waals surface area contributed by atoms with Crippen LogP contribution in [0.5, 0.6) is 0 Å². The molecule has 0 aliphatic heterocycles. The molecule has 0 aliphatic carbocycles. The molecule has 0 bridgehead atoms. The summed E-state index contributed by atoms with van der Waals surface area (Å²) in [6.07, 6.45) is 2.40. The molecule has 0 aromatic rings. The van der Waals surface area contributed by atoms with Gasteiger partial charge in [-0.05, 0) is 31.8 Å². The summed E-state index contributed by atoms with van der Waals surface area (Å²) in [7, 11) is 0. The number of ether oxygens (including phenoxy) is 1. The maximum Gasteiger partial charge on any atom is 0.0593 e. The highest BCUT2D eigenvalue weighted by Gasteiger charge is 2.01. The average molecular weight is 280 g/mol. The van der Waals surface area contributed by atoms with Crippen molar-refractivity contribution in [3.05, 3.63) is 0 Å². The predicted octanol–water partition coefficient (Wildman–Crippen LogP) is 3.16. The molecule has 0 spiro atoms. The second-order valence-electron chi connectivity index (χ2n) is 4.27. The molecule has 3 heteroatoms. The van der Waals surface area contributed by atoms with Gasteiger partial charge in [0.2, 0.25) is 0 Å². The molecule has 0 atom stereocenters. The highest BCUT2D eigenvalue weighted by molar-refractivity contribution is 9.09. The third-order valence-corrected chi connectivity index (χ3v) is 3.01. The summed E-state index contributed by atoms with van der Waals surface area (Å²) in [5.74, 6) is 0.751. The van der Waals surface area contributed by atoms with E-state index >= 15 is 0 Å². The first-order valence-corrected chi connectivity index (χ1v) is 7.18. The number of nitrogens with zero attached hydrogens (tertiary/aromatic N) is 1. The topological polar surface area (TPSA) is 12.5 Å². The molecule has 0 rings (SSSR count). The standard InChI is InChI=1S/C12H26BrNO/c1-4-14(8-5-7-13)9-11-15-10-6-12(2)3/h12H,4-11H2,1-3H3. The lowest BCUT2D eigenvalue weighted by molar-refractivity contribution is 0.0976. The number of hydrogen-bond acceptors (Lipinski definition) is 2. The van der Waals surface area contributed by atoms with Gasteiger partial charge in [0.1, 0.15) is 0 Å². The minimum Gasteiger partial charge on any atom is -0.380 e. The zero-order valence-electron chi connectivity index (χ0n) is 10.5. The average Bonchev–Trinajstić information content (AvgIpc) is 2.21. The molecule has 0 fully saturated rings. The number of alkyl halides is 1. The van der Waals surface area contributed by atoms with E-state index in [1.54, 1.807) is 0 Å². The number of rotatable bonds is 10. The fraction of sp³-hybridized carbons (Fsp3) is 1.00. The van der Waals surface area contributed by atoms with Gasteiger partial charge < -0.3 is 9.64 Å².